The second-order valence-electron chi connectivity index (χ2n) is 4.30. The lowest BCUT2D eigenvalue weighted by Gasteiger charge is -1.99. The van der Waals surface area contributed by atoms with E-state index in [0.29, 0.717) is 6.54 Å². The standard InChI is InChI=1S/C14H14N4S/c1-18-7-6-16-13(18)14-17-12(9-19-14)11-4-2-10(8-15)3-5-11/h2-7,9H,8,15H2,1H3. The van der Waals surface area contributed by atoms with Crippen LogP contribution in [0.1, 0.15) is 5.56 Å². The molecule has 0 aliphatic rings. The van der Waals surface area contributed by atoms with Gasteiger partial charge in [-0.05, 0) is 5.56 Å². The van der Waals surface area contributed by atoms with Crippen molar-refractivity contribution in [1.82, 2.24) is 14.5 Å². The topological polar surface area (TPSA) is 56.7 Å². The molecule has 2 N–H and O–H groups in total. The number of nitrogens with two attached hydrogens (primary N) is 1. The average molecular weight is 270 g/mol. The second kappa shape index (κ2) is 4.95. The van der Waals surface area contributed by atoms with E-state index in [-0.39, 0.29) is 0 Å². The van der Waals surface area contributed by atoms with Crippen molar-refractivity contribution in [2.45, 2.75) is 6.54 Å². The van der Waals surface area contributed by atoms with Crippen molar-refractivity contribution in [3.8, 4) is 22.1 Å². The Morgan fingerprint density at radius 3 is 2.68 bits per heavy atom. The van der Waals surface area contributed by atoms with Gasteiger partial charge in [-0.2, -0.15) is 0 Å². The van der Waals surface area contributed by atoms with Gasteiger partial charge < -0.3 is 10.3 Å². The minimum absolute atomic E-state index is 0.565. The zero-order valence-electron chi connectivity index (χ0n) is 10.6. The quantitative estimate of drug-likeness (QED) is 0.796. The number of hydrogen-bond donors (Lipinski definition) is 1. The summed E-state index contributed by atoms with van der Waals surface area (Å²) in [6.07, 6.45) is 3.71. The van der Waals surface area contributed by atoms with E-state index >= 15 is 0 Å². The van der Waals surface area contributed by atoms with Crippen molar-refractivity contribution in [1.29, 1.82) is 0 Å². The van der Waals surface area contributed by atoms with Crippen molar-refractivity contribution >= 4 is 11.3 Å². The van der Waals surface area contributed by atoms with E-state index < -0.39 is 0 Å². The molecule has 3 rings (SSSR count). The van der Waals surface area contributed by atoms with Crippen LogP contribution in [-0.4, -0.2) is 14.5 Å². The molecule has 0 bridgehead atoms. The first kappa shape index (κ1) is 12.1. The van der Waals surface area contributed by atoms with Gasteiger partial charge in [0, 0.05) is 36.9 Å². The van der Waals surface area contributed by atoms with Gasteiger partial charge >= 0.3 is 0 Å². The van der Waals surface area contributed by atoms with Gasteiger partial charge in [0.2, 0.25) is 0 Å². The number of nitrogens with zero attached hydrogens (tertiary/aromatic N) is 3. The Bertz CT molecular complexity index is 682. The number of imidazole rings is 1. The third-order valence-electron chi connectivity index (χ3n) is 3.00. The lowest BCUT2D eigenvalue weighted by Crippen LogP contribution is -1.95. The summed E-state index contributed by atoms with van der Waals surface area (Å²) in [5.74, 6) is 0.898. The number of thiazole rings is 1. The summed E-state index contributed by atoms with van der Waals surface area (Å²) in [4.78, 5) is 8.96. The van der Waals surface area contributed by atoms with Crippen LogP contribution in [0.25, 0.3) is 22.1 Å². The molecule has 0 radical (unpaired) electrons. The predicted molar refractivity (Wildman–Crippen MR) is 77.6 cm³/mol. The Balaban J connectivity index is 1.94. The maximum Gasteiger partial charge on any atom is 0.168 e. The lowest BCUT2D eigenvalue weighted by molar-refractivity contribution is 0.923. The summed E-state index contributed by atoms with van der Waals surface area (Å²) in [5.41, 5.74) is 8.81. The highest BCUT2D eigenvalue weighted by atomic mass is 32.1. The average Bonchev–Trinajstić information content (AvgIpc) is 3.07. The number of hydrogen-bond acceptors (Lipinski definition) is 4. The fourth-order valence-electron chi connectivity index (χ4n) is 1.89. The van der Waals surface area contributed by atoms with E-state index in [1.165, 1.54) is 0 Å². The Kier molecular flexibility index (Phi) is 3.15. The molecule has 2 heterocycles. The van der Waals surface area contributed by atoms with Gasteiger partial charge in [0.05, 0.1) is 5.69 Å². The molecule has 2 aromatic heterocycles. The highest BCUT2D eigenvalue weighted by Crippen LogP contribution is 2.27. The molecule has 0 aliphatic carbocycles. The summed E-state index contributed by atoms with van der Waals surface area (Å²) in [5, 5.41) is 2.99. The van der Waals surface area contributed by atoms with Crippen molar-refractivity contribution in [2.75, 3.05) is 0 Å². The van der Waals surface area contributed by atoms with Gasteiger partial charge in [-0.1, -0.05) is 24.3 Å². The molecule has 5 heteroatoms. The van der Waals surface area contributed by atoms with E-state index in [0.717, 1.165) is 27.7 Å². The molecule has 4 nitrogen and oxygen atoms in total. The second-order valence-corrected chi connectivity index (χ2v) is 5.16. The lowest BCUT2D eigenvalue weighted by atomic mass is 10.1. The molecule has 1 aromatic carbocycles. The smallest absolute Gasteiger partial charge is 0.168 e. The molecule has 19 heavy (non-hydrogen) atoms. The van der Waals surface area contributed by atoms with E-state index in [2.05, 4.69) is 27.5 Å². The maximum absolute atomic E-state index is 5.60. The molecule has 0 saturated carbocycles. The molecule has 96 valence electrons. The first-order chi connectivity index (χ1) is 9.28. The highest BCUT2D eigenvalue weighted by Gasteiger charge is 2.09. The molecule has 0 unspecified atom stereocenters. The molecule has 0 fully saturated rings. The zero-order valence-corrected chi connectivity index (χ0v) is 11.4. The normalized spacial score (nSPS) is 10.8. The monoisotopic (exact) mass is 270 g/mol. The summed E-state index contributed by atoms with van der Waals surface area (Å²) in [6, 6.07) is 8.18. The Morgan fingerprint density at radius 1 is 1.26 bits per heavy atom. The van der Waals surface area contributed by atoms with Gasteiger partial charge in [0.1, 0.15) is 0 Å². The molecule has 0 atom stereocenters. The number of rotatable bonds is 3. The van der Waals surface area contributed by atoms with E-state index in [4.69, 9.17) is 5.73 Å². The number of aryl methyl sites for hydroxylation is 1. The van der Waals surface area contributed by atoms with Crippen LogP contribution >= 0.6 is 11.3 Å². The SMILES string of the molecule is Cn1ccnc1-c1nc(-c2ccc(CN)cc2)cs1. The van der Waals surface area contributed by atoms with Crippen LogP contribution in [0.4, 0.5) is 0 Å². The molecule has 0 spiro atoms. The maximum atomic E-state index is 5.60. The van der Waals surface area contributed by atoms with Gasteiger partial charge in [0.25, 0.3) is 0 Å². The van der Waals surface area contributed by atoms with Gasteiger partial charge in [0.15, 0.2) is 10.8 Å². The van der Waals surface area contributed by atoms with Gasteiger partial charge in [-0.3, -0.25) is 0 Å². The fourth-order valence-corrected chi connectivity index (χ4v) is 2.76. The van der Waals surface area contributed by atoms with Crippen LogP contribution in [0.3, 0.4) is 0 Å². The molecular weight excluding hydrogens is 256 g/mol. The van der Waals surface area contributed by atoms with Gasteiger partial charge in [-0.25, -0.2) is 9.97 Å². The van der Waals surface area contributed by atoms with Crippen molar-refractivity contribution in [3.05, 3.63) is 47.6 Å². The van der Waals surface area contributed by atoms with Crippen LogP contribution in [-0.2, 0) is 13.6 Å². The molecule has 0 amide bonds. The molecule has 3 aromatic rings. The third kappa shape index (κ3) is 2.30. The third-order valence-corrected chi connectivity index (χ3v) is 3.84. The molecule has 0 saturated heterocycles. The van der Waals surface area contributed by atoms with Crippen molar-refractivity contribution < 1.29 is 0 Å². The predicted octanol–water partition coefficient (Wildman–Crippen LogP) is 2.67. The summed E-state index contributed by atoms with van der Waals surface area (Å²) in [6.45, 7) is 0.565. The first-order valence-corrected chi connectivity index (χ1v) is 6.88. The largest absolute Gasteiger partial charge is 0.332 e. The van der Waals surface area contributed by atoms with Crippen LogP contribution in [0.5, 0.6) is 0 Å². The minimum atomic E-state index is 0.565. The molecule has 0 aliphatic heterocycles. The van der Waals surface area contributed by atoms with Crippen LogP contribution in [0.2, 0.25) is 0 Å². The number of benzene rings is 1. The van der Waals surface area contributed by atoms with Crippen molar-refractivity contribution in [2.24, 2.45) is 12.8 Å². The number of aromatic nitrogens is 3. The van der Waals surface area contributed by atoms with Crippen LogP contribution in [0.15, 0.2) is 42.0 Å². The van der Waals surface area contributed by atoms with E-state index in [9.17, 15) is 0 Å². The fraction of sp³-hybridized carbons (Fsp3) is 0.143. The Morgan fingerprint density at radius 2 is 2.05 bits per heavy atom. The highest BCUT2D eigenvalue weighted by molar-refractivity contribution is 7.13. The van der Waals surface area contributed by atoms with E-state index in [1.807, 2.05) is 29.9 Å². The van der Waals surface area contributed by atoms with Crippen LogP contribution in [0, 0.1) is 0 Å². The molecular formula is C14H14N4S. The van der Waals surface area contributed by atoms with E-state index in [1.54, 1.807) is 17.5 Å². The zero-order chi connectivity index (χ0) is 13.2. The first-order valence-electron chi connectivity index (χ1n) is 6.00. The van der Waals surface area contributed by atoms with Crippen LogP contribution < -0.4 is 5.73 Å². The Hall–Kier alpha value is -1.98. The summed E-state index contributed by atoms with van der Waals surface area (Å²) >= 11 is 1.61. The summed E-state index contributed by atoms with van der Waals surface area (Å²) < 4.78 is 1.97. The minimum Gasteiger partial charge on any atom is -0.332 e. The summed E-state index contributed by atoms with van der Waals surface area (Å²) in [7, 11) is 1.97. The Labute approximate surface area is 115 Å². The van der Waals surface area contributed by atoms with Crippen molar-refractivity contribution in [3.63, 3.8) is 0 Å². The van der Waals surface area contributed by atoms with Gasteiger partial charge in [-0.15, -0.1) is 11.3 Å².